The van der Waals surface area contributed by atoms with Crippen LogP contribution < -0.4 is 5.32 Å². The summed E-state index contributed by atoms with van der Waals surface area (Å²) < 4.78 is 0. The van der Waals surface area contributed by atoms with E-state index in [1.54, 1.807) is 11.3 Å². The Morgan fingerprint density at radius 1 is 1.21 bits per heavy atom. The van der Waals surface area contributed by atoms with Gasteiger partial charge in [-0.1, -0.05) is 36.8 Å². The standard InChI is InChI=1S/C17H23NS/c1-3-18-17(12-16-9-10-19-13-16)8-7-15-6-4-5-14(2)11-15/h4-6,9-11,13,17-18H,3,7-8,12H2,1-2H3. The molecule has 0 aliphatic rings. The van der Waals surface area contributed by atoms with E-state index >= 15 is 0 Å². The molecule has 1 nitrogen and oxygen atoms in total. The lowest BCUT2D eigenvalue weighted by Crippen LogP contribution is -2.31. The second kappa shape index (κ2) is 7.46. The zero-order chi connectivity index (χ0) is 13.5. The molecule has 0 saturated carbocycles. The van der Waals surface area contributed by atoms with Crippen molar-refractivity contribution in [2.24, 2.45) is 0 Å². The average molecular weight is 273 g/mol. The summed E-state index contributed by atoms with van der Waals surface area (Å²) in [6.07, 6.45) is 3.50. The molecule has 102 valence electrons. The quantitative estimate of drug-likeness (QED) is 0.797. The minimum atomic E-state index is 0.583. The highest BCUT2D eigenvalue weighted by molar-refractivity contribution is 7.07. The molecule has 0 spiro atoms. The predicted octanol–water partition coefficient (Wildman–Crippen LogP) is 4.21. The van der Waals surface area contributed by atoms with Gasteiger partial charge in [0.05, 0.1) is 0 Å². The van der Waals surface area contributed by atoms with E-state index in [2.05, 4.69) is 60.3 Å². The SMILES string of the molecule is CCNC(CCc1cccc(C)c1)Cc1ccsc1. The zero-order valence-corrected chi connectivity index (χ0v) is 12.7. The van der Waals surface area contributed by atoms with Crippen LogP contribution in [0, 0.1) is 6.92 Å². The largest absolute Gasteiger partial charge is 0.314 e. The molecule has 19 heavy (non-hydrogen) atoms. The third kappa shape index (κ3) is 4.81. The van der Waals surface area contributed by atoms with Gasteiger partial charge in [-0.2, -0.15) is 11.3 Å². The number of hydrogen-bond acceptors (Lipinski definition) is 2. The van der Waals surface area contributed by atoms with Crippen molar-refractivity contribution >= 4 is 11.3 Å². The Balaban J connectivity index is 1.89. The Kier molecular flexibility index (Phi) is 5.62. The molecule has 1 N–H and O–H groups in total. The summed E-state index contributed by atoms with van der Waals surface area (Å²) in [7, 11) is 0. The third-order valence-electron chi connectivity index (χ3n) is 3.42. The van der Waals surface area contributed by atoms with E-state index < -0.39 is 0 Å². The number of rotatable bonds is 7. The Morgan fingerprint density at radius 2 is 2.11 bits per heavy atom. The third-order valence-corrected chi connectivity index (χ3v) is 4.15. The molecule has 1 atom stereocenters. The van der Waals surface area contributed by atoms with Gasteiger partial charge in [0.1, 0.15) is 0 Å². The molecular weight excluding hydrogens is 250 g/mol. The molecule has 2 rings (SSSR count). The van der Waals surface area contributed by atoms with E-state index in [1.807, 2.05) is 0 Å². The molecule has 0 fully saturated rings. The molecule has 0 aliphatic heterocycles. The highest BCUT2D eigenvalue weighted by atomic mass is 32.1. The highest BCUT2D eigenvalue weighted by Crippen LogP contribution is 2.13. The zero-order valence-electron chi connectivity index (χ0n) is 11.9. The summed E-state index contributed by atoms with van der Waals surface area (Å²) in [5.41, 5.74) is 4.27. The van der Waals surface area contributed by atoms with Crippen LogP contribution in [0.2, 0.25) is 0 Å². The molecule has 2 aromatic rings. The van der Waals surface area contributed by atoms with Crippen molar-refractivity contribution < 1.29 is 0 Å². The van der Waals surface area contributed by atoms with Crippen LogP contribution in [0.15, 0.2) is 41.1 Å². The smallest absolute Gasteiger partial charge is 0.0111 e. The maximum absolute atomic E-state index is 3.61. The number of likely N-dealkylation sites (N-methyl/N-ethyl adjacent to an activating group) is 1. The second-order valence-corrected chi connectivity index (χ2v) is 5.90. The van der Waals surface area contributed by atoms with Crippen LogP contribution >= 0.6 is 11.3 Å². The van der Waals surface area contributed by atoms with Crippen molar-refractivity contribution in [3.8, 4) is 0 Å². The summed E-state index contributed by atoms with van der Waals surface area (Å²) in [6, 6.07) is 11.7. The number of thiophene rings is 1. The fourth-order valence-corrected chi connectivity index (χ4v) is 3.15. The van der Waals surface area contributed by atoms with Crippen molar-refractivity contribution in [3.63, 3.8) is 0 Å². The summed E-state index contributed by atoms with van der Waals surface area (Å²) in [4.78, 5) is 0. The van der Waals surface area contributed by atoms with Crippen molar-refractivity contribution in [1.82, 2.24) is 5.32 Å². The van der Waals surface area contributed by atoms with Crippen LogP contribution in [0.4, 0.5) is 0 Å². The van der Waals surface area contributed by atoms with Crippen LogP contribution in [-0.4, -0.2) is 12.6 Å². The van der Waals surface area contributed by atoms with Crippen LogP contribution in [0.3, 0.4) is 0 Å². The number of benzene rings is 1. The van der Waals surface area contributed by atoms with Crippen molar-refractivity contribution in [2.45, 2.75) is 39.2 Å². The molecule has 0 bridgehead atoms. The van der Waals surface area contributed by atoms with Crippen molar-refractivity contribution in [3.05, 3.63) is 57.8 Å². The van der Waals surface area contributed by atoms with Crippen LogP contribution in [0.1, 0.15) is 30.0 Å². The van der Waals surface area contributed by atoms with Gasteiger partial charge in [0.2, 0.25) is 0 Å². The minimum absolute atomic E-state index is 0.583. The number of hydrogen-bond donors (Lipinski definition) is 1. The maximum Gasteiger partial charge on any atom is 0.0111 e. The Hall–Kier alpha value is -1.12. The van der Waals surface area contributed by atoms with Crippen molar-refractivity contribution in [2.75, 3.05) is 6.54 Å². The summed E-state index contributed by atoms with van der Waals surface area (Å²) >= 11 is 1.79. The van der Waals surface area contributed by atoms with Gasteiger partial charge in [0.25, 0.3) is 0 Å². The first-order valence-electron chi connectivity index (χ1n) is 7.08. The normalized spacial score (nSPS) is 12.5. The first-order chi connectivity index (χ1) is 9.28. The van der Waals surface area contributed by atoms with Gasteiger partial charge in [-0.3, -0.25) is 0 Å². The van der Waals surface area contributed by atoms with Gasteiger partial charge in [-0.05, 0) is 60.7 Å². The van der Waals surface area contributed by atoms with E-state index in [0.717, 1.165) is 19.4 Å². The molecule has 0 radical (unpaired) electrons. The highest BCUT2D eigenvalue weighted by Gasteiger charge is 2.09. The minimum Gasteiger partial charge on any atom is -0.314 e. The molecule has 0 aliphatic carbocycles. The van der Waals surface area contributed by atoms with Crippen LogP contribution in [0.25, 0.3) is 0 Å². The van der Waals surface area contributed by atoms with E-state index in [-0.39, 0.29) is 0 Å². The predicted molar refractivity (Wildman–Crippen MR) is 85.0 cm³/mol. The first kappa shape index (κ1) is 14.3. The first-order valence-corrected chi connectivity index (χ1v) is 8.02. The van der Waals surface area contributed by atoms with Gasteiger partial charge >= 0.3 is 0 Å². The summed E-state index contributed by atoms with van der Waals surface area (Å²) in [5, 5.41) is 8.04. The fraction of sp³-hybridized carbons (Fsp3) is 0.412. The number of aryl methyl sites for hydroxylation is 2. The lowest BCUT2D eigenvalue weighted by Gasteiger charge is -2.17. The molecule has 1 aromatic carbocycles. The molecule has 0 saturated heterocycles. The molecule has 1 aromatic heterocycles. The monoisotopic (exact) mass is 273 g/mol. The van der Waals surface area contributed by atoms with Crippen LogP contribution in [0.5, 0.6) is 0 Å². The van der Waals surface area contributed by atoms with Gasteiger partial charge in [0, 0.05) is 6.04 Å². The lowest BCUT2D eigenvalue weighted by atomic mass is 9.99. The van der Waals surface area contributed by atoms with Gasteiger partial charge in [-0.15, -0.1) is 0 Å². The summed E-state index contributed by atoms with van der Waals surface area (Å²) in [6.45, 7) is 5.40. The summed E-state index contributed by atoms with van der Waals surface area (Å²) in [5.74, 6) is 0. The second-order valence-electron chi connectivity index (χ2n) is 5.12. The van der Waals surface area contributed by atoms with Crippen LogP contribution in [-0.2, 0) is 12.8 Å². The Morgan fingerprint density at radius 3 is 2.79 bits per heavy atom. The lowest BCUT2D eigenvalue weighted by molar-refractivity contribution is 0.491. The van der Waals surface area contributed by atoms with Gasteiger partial charge in [-0.25, -0.2) is 0 Å². The molecular formula is C17H23NS. The van der Waals surface area contributed by atoms with Gasteiger partial charge < -0.3 is 5.32 Å². The van der Waals surface area contributed by atoms with Crippen molar-refractivity contribution in [1.29, 1.82) is 0 Å². The van der Waals surface area contributed by atoms with E-state index in [1.165, 1.54) is 23.1 Å². The molecule has 1 unspecified atom stereocenters. The van der Waals surface area contributed by atoms with E-state index in [4.69, 9.17) is 0 Å². The topological polar surface area (TPSA) is 12.0 Å². The fourth-order valence-electron chi connectivity index (χ4n) is 2.47. The van der Waals surface area contributed by atoms with E-state index in [9.17, 15) is 0 Å². The Bertz CT molecular complexity index is 476. The molecule has 2 heteroatoms. The van der Waals surface area contributed by atoms with E-state index in [0.29, 0.717) is 6.04 Å². The Labute approximate surface area is 120 Å². The maximum atomic E-state index is 3.61. The number of nitrogens with one attached hydrogen (secondary N) is 1. The van der Waals surface area contributed by atoms with Gasteiger partial charge in [0.15, 0.2) is 0 Å². The average Bonchev–Trinajstić information content (AvgIpc) is 2.89. The molecule has 1 heterocycles. The molecule has 0 amide bonds.